The second kappa shape index (κ2) is 8.07. The maximum atomic E-state index is 11.7. The minimum Gasteiger partial charge on any atom is -0.496 e. The highest BCUT2D eigenvalue weighted by Gasteiger charge is 2.20. The molecule has 0 saturated carbocycles. The van der Waals surface area contributed by atoms with Gasteiger partial charge in [-0.1, -0.05) is 26.0 Å². The van der Waals surface area contributed by atoms with E-state index in [9.17, 15) is 4.79 Å². The Labute approximate surface area is 118 Å². The molecule has 106 valence electrons. The van der Waals surface area contributed by atoms with Crippen molar-refractivity contribution in [2.75, 3.05) is 20.0 Å². The Balaban J connectivity index is 2.67. The van der Waals surface area contributed by atoms with Crippen LogP contribution in [0.3, 0.4) is 0 Å². The summed E-state index contributed by atoms with van der Waals surface area (Å²) < 4.78 is 10.1. The van der Waals surface area contributed by atoms with Gasteiger partial charge in [0.25, 0.3) is 0 Å². The van der Waals surface area contributed by atoms with Crippen LogP contribution in [0.25, 0.3) is 0 Å². The SMILES string of the molecule is COC(=O)C(CSc1ccccc1OC)NC(C)C. The van der Waals surface area contributed by atoms with E-state index < -0.39 is 0 Å². The van der Waals surface area contributed by atoms with Crippen LogP contribution in [0, 0.1) is 0 Å². The van der Waals surface area contributed by atoms with Gasteiger partial charge in [-0.15, -0.1) is 11.8 Å². The third kappa shape index (κ3) is 5.12. The third-order valence-electron chi connectivity index (χ3n) is 2.49. The van der Waals surface area contributed by atoms with Crippen LogP contribution in [0.4, 0.5) is 0 Å². The van der Waals surface area contributed by atoms with Crippen molar-refractivity contribution in [3.8, 4) is 5.75 Å². The number of hydrogen-bond acceptors (Lipinski definition) is 5. The van der Waals surface area contributed by atoms with Crippen LogP contribution in [0.1, 0.15) is 13.8 Å². The molecule has 1 rings (SSSR count). The van der Waals surface area contributed by atoms with Crippen LogP contribution < -0.4 is 10.1 Å². The lowest BCUT2D eigenvalue weighted by molar-refractivity contribution is -0.142. The summed E-state index contributed by atoms with van der Waals surface area (Å²) in [6.07, 6.45) is 0. The molecule has 4 nitrogen and oxygen atoms in total. The van der Waals surface area contributed by atoms with Crippen molar-refractivity contribution in [3.05, 3.63) is 24.3 Å². The van der Waals surface area contributed by atoms with Crippen molar-refractivity contribution in [2.24, 2.45) is 0 Å². The van der Waals surface area contributed by atoms with E-state index in [1.54, 1.807) is 18.9 Å². The smallest absolute Gasteiger partial charge is 0.323 e. The minimum absolute atomic E-state index is 0.224. The maximum Gasteiger partial charge on any atom is 0.323 e. The molecule has 0 aromatic heterocycles. The van der Waals surface area contributed by atoms with Crippen molar-refractivity contribution < 1.29 is 14.3 Å². The van der Waals surface area contributed by atoms with E-state index in [0.717, 1.165) is 10.6 Å². The lowest BCUT2D eigenvalue weighted by Crippen LogP contribution is -2.43. The van der Waals surface area contributed by atoms with Crippen molar-refractivity contribution in [2.45, 2.75) is 30.8 Å². The van der Waals surface area contributed by atoms with Gasteiger partial charge in [-0.3, -0.25) is 4.79 Å². The van der Waals surface area contributed by atoms with E-state index in [1.165, 1.54) is 7.11 Å². The fraction of sp³-hybridized carbons (Fsp3) is 0.500. The molecule has 0 amide bonds. The first kappa shape index (κ1) is 15.9. The van der Waals surface area contributed by atoms with Gasteiger partial charge in [0.2, 0.25) is 0 Å². The highest BCUT2D eigenvalue weighted by Crippen LogP contribution is 2.29. The van der Waals surface area contributed by atoms with Gasteiger partial charge in [0.05, 0.1) is 14.2 Å². The van der Waals surface area contributed by atoms with Crippen molar-refractivity contribution in [1.29, 1.82) is 0 Å². The van der Waals surface area contributed by atoms with Crippen LogP contribution in [0.2, 0.25) is 0 Å². The molecule has 0 radical (unpaired) electrons. The quantitative estimate of drug-likeness (QED) is 0.615. The van der Waals surface area contributed by atoms with E-state index in [2.05, 4.69) is 5.32 Å². The van der Waals surface area contributed by atoms with E-state index in [4.69, 9.17) is 9.47 Å². The zero-order valence-corrected chi connectivity index (χ0v) is 12.6. The van der Waals surface area contributed by atoms with Crippen molar-refractivity contribution >= 4 is 17.7 Å². The Morgan fingerprint density at radius 2 is 2.00 bits per heavy atom. The van der Waals surface area contributed by atoms with Crippen LogP contribution in [-0.2, 0) is 9.53 Å². The predicted molar refractivity (Wildman–Crippen MR) is 77.8 cm³/mol. The average Bonchev–Trinajstić information content (AvgIpc) is 2.42. The van der Waals surface area contributed by atoms with Crippen LogP contribution >= 0.6 is 11.8 Å². The first-order valence-corrected chi connectivity index (χ1v) is 7.16. The first-order valence-electron chi connectivity index (χ1n) is 6.18. The number of ether oxygens (including phenoxy) is 2. The van der Waals surface area contributed by atoms with Gasteiger partial charge >= 0.3 is 5.97 Å². The van der Waals surface area contributed by atoms with Gasteiger partial charge in [-0.05, 0) is 12.1 Å². The Kier molecular flexibility index (Phi) is 6.73. The first-order chi connectivity index (χ1) is 9.08. The summed E-state index contributed by atoms with van der Waals surface area (Å²) in [5.41, 5.74) is 0. The normalized spacial score (nSPS) is 12.3. The topological polar surface area (TPSA) is 47.6 Å². The summed E-state index contributed by atoms with van der Waals surface area (Å²) in [5, 5.41) is 3.20. The molecule has 5 heteroatoms. The number of hydrogen-bond donors (Lipinski definition) is 1. The molecular formula is C14H21NO3S. The number of thioether (sulfide) groups is 1. The largest absolute Gasteiger partial charge is 0.496 e. The molecule has 1 N–H and O–H groups in total. The number of carbonyl (C=O) groups excluding carboxylic acids is 1. The molecule has 0 aliphatic heterocycles. The van der Waals surface area contributed by atoms with Crippen LogP contribution in [0.15, 0.2) is 29.2 Å². The molecule has 1 unspecified atom stereocenters. The minimum atomic E-state index is -0.320. The van der Waals surface area contributed by atoms with E-state index >= 15 is 0 Å². The number of esters is 1. The fourth-order valence-electron chi connectivity index (χ4n) is 1.64. The molecule has 1 aromatic rings. The Hall–Kier alpha value is -1.20. The summed E-state index contributed by atoms with van der Waals surface area (Å²) in [6, 6.07) is 7.67. The maximum absolute atomic E-state index is 11.7. The number of nitrogens with one attached hydrogen (secondary N) is 1. The third-order valence-corrected chi connectivity index (χ3v) is 3.64. The van der Waals surface area contributed by atoms with Gasteiger partial charge in [0, 0.05) is 16.7 Å². The Morgan fingerprint density at radius 1 is 1.32 bits per heavy atom. The lowest BCUT2D eigenvalue weighted by Gasteiger charge is -2.19. The molecule has 0 aliphatic rings. The van der Waals surface area contributed by atoms with E-state index in [0.29, 0.717) is 5.75 Å². The Bertz CT molecular complexity index is 409. The molecule has 1 aromatic carbocycles. The fourth-order valence-corrected chi connectivity index (χ4v) is 2.69. The summed E-state index contributed by atoms with van der Waals surface area (Å²) in [7, 11) is 3.05. The van der Waals surface area contributed by atoms with Gasteiger partial charge in [-0.2, -0.15) is 0 Å². The highest BCUT2D eigenvalue weighted by atomic mass is 32.2. The van der Waals surface area contributed by atoms with E-state index in [1.807, 2.05) is 38.1 Å². The monoisotopic (exact) mass is 283 g/mol. The number of benzene rings is 1. The zero-order chi connectivity index (χ0) is 14.3. The molecule has 0 fully saturated rings. The standard InChI is InChI=1S/C14H21NO3S/c1-10(2)15-11(14(16)18-4)9-19-13-8-6-5-7-12(13)17-3/h5-8,10-11,15H,9H2,1-4H3. The number of rotatable bonds is 7. The molecular weight excluding hydrogens is 262 g/mol. The molecule has 0 bridgehead atoms. The van der Waals surface area contributed by atoms with Gasteiger partial charge < -0.3 is 14.8 Å². The number of para-hydroxylation sites is 1. The molecule has 19 heavy (non-hydrogen) atoms. The van der Waals surface area contributed by atoms with E-state index in [-0.39, 0.29) is 18.1 Å². The molecule has 0 spiro atoms. The zero-order valence-electron chi connectivity index (χ0n) is 11.8. The summed E-state index contributed by atoms with van der Waals surface area (Å²) in [4.78, 5) is 12.7. The Morgan fingerprint density at radius 3 is 2.58 bits per heavy atom. The van der Waals surface area contributed by atoms with Crippen LogP contribution in [-0.4, -0.2) is 38.0 Å². The number of carbonyl (C=O) groups is 1. The second-order valence-corrected chi connectivity index (χ2v) is 5.42. The van der Waals surface area contributed by atoms with Gasteiger partial charge in [0.15, 0.2) is 0 Å². The lowest BCUT2D eigenvalue weighted by atomic mass is 10.3. The van der Waals surface area contributed by atoms with Crippen LogP contribution in [0.5, 0.6) is 5.75 Å². The summed E-state index contributed by atoms with van der Waals surface area (Å²) in [6.45, 7) is 4.01. The van der Waals surface area contributed by atoms with Gasteiger partial charge in [-0.25, -0.2) is 0 Å². The number of methoxy groups -OCH3 is 2. The molecule has 0 heterocycles. The molecule has 0 saturated heterocycles. The molecule has 1 atom stereocenters. The average molecular weight is 283 g/mol. The second-order valence-electron chi connectivity index (χ2n) is 4.36. The summed E-state index contributed by atoms with van der Waals surface area (Å²) in [5.74, 6) is 1.18. The van der Waals surface area contributed by atoms with Crippen molar-refractivity contribution in [1.82, 2.24) is 5.32 Å². The van der Waals surface area contributed by atoms with Gasteiger partial charge in [0.1, 0.15) is 11.8 Å². The van der Waals surface area contributed by atoms with Crippen molar-refractivity contribution in [3.63, 3.8) is 0 Å². The highest BCUT2D eigenvalue weighted by molar-refractivity contribution is 7.99. The predicted octanol–water partition coefficient (Wildman–Crippen LogP) is 2.33. The molecule has 0 aliphatic carbocycles. The summed E-state index contributed by atoms with van der Waals surface area (Å²) >= 11 is 1.58.